The van der Waals surface area contributed by atoms with Gasteiger partial charge in [-0.05, 0) is 57.9 Å². The second-order valence-electron chi connectivity index (χ2n) is 7.50. The van der Waals surface area contributed by atoms with E-state index in [2.05, 4.69) is 12.2 Å². The Morgan fingerprint density at radius 3 is 1.75 bits per heavy atom. The number of nitrogens with two attached hydrogens (primary N) is 1. The van der Waals surface area contributed by atoms with Gasteiger partial charge in [0.15, 0.2) is 0 Å². The van der Waals surface area contributed by atoms with Gasteiger partial charge in [0.25, 0.3) is 0 Å². The van der Waals surface area contributed by atoms with Crippen molar-refractivity contribution in [3.8, 4) is 0 Å². The molecule has 1 fully saturated rings. The lowest BCUT2D eigenvalue weighted by Gasteiger charge is -2.10. The van der Waals surface area contributed by atoms with Crippen molar-refractivity contribution >= 4 is 0 Å². The summed E-state index contributed by atoms with van der Waals surface area (Å²) in [5.41, 5.74) is 5.50. The fourth-order valence-electron chi connectivity index (χ4n) is 3.55. The molecule has 0 aromatic heterocycles. The van der Waals surface area contributed by atoms with Crippen molar-refractivity contribution in [2.45, 2.75) is 115 Å². The predicted octanol–water partition coefficient (Wildman–Crippen LogP) is 6.53. The van der Waals surface area contributed by atoms with Crippen molar-refractivity contribution in [1.82, 2.24) is 0 Å². The first kappa shape index (κ1) is 21.7. The lowest BCUT2D eigenvalue weighted by atomic mass is 10.1. The molecule has 0 aromatic rings. The van der Waals surface area contributed by atoms with Gasteiger partial charge in [0.1, 0.15) is 0 Å². The van der Waals surface area contributed by atoms with Crippen molar-refractivity contribution in [3.63, 3.8) is 0 Å². The maximum absolute atomic E-state index is 5.91. The zero-order chi connectivity index (χ0) is 17.1. The summed E-state index contributed by atoms with van der Waals surface area (Å²) < 4.78 is 5.91. The number of hydrogen-bond donors (Lipinski definition) is 1. The summed E-state index contributed by atoms with van der Waals surface area (Å²) in [4.78, 5) is 0. The van der Waals surface area contributed by atoms with Crippen LogP contribution >= 0.6 is 0 Å². The minimum atomic E-state index is 0.600. The zero-order valence-corrected chi connectivity index (χ0v) is 16.2. The molecule has 0 amide bonds. The van der Waals surface area contributed by atoms with Crippen LogP contribution in [0.3, 0.4) is 0 Å². The van der Waals surface area contributed by atoms with Gasteiger partial charge in [-0.2, -0.15) is 0 Å². The van der Waals surface area contributed by atoms with Crippen molar-refractivity contribution in [2.75, 3.05) is 13.2 Å². The summed E-state index contributed by atoms with van der Waals surface area (Å²) in [6, 6.07) is 0. The molecule has 0 saturated heterocycles. The Balaban J connectivity index is 1.68. The lowest BCUT2D eigenvalue weighted by molar-refractivity contribution is 0.0556. The number of allylic oxidation sites excluding steroid dienone is 2. The summed E-state index contributed by atoms with van der Waals surface area (Å²) in [5.74, 6) is 0. The fourth-order valence-corrected chi connectivity index (χ4v) is 3.55. The van der Waals surface area contributed by atoms with Crippen LogP contribution in [0.1, 0.15) is 109 Å². The topological polar surface area (TPSA) is 35.2 Å². The second-order valence-corrected chi connectivity index (χ2v) is 7.50. The van der Waals surface area contributed by atoms with E-state index in [1.165, 1.54) is 109 Å². The third-order valence-electron chi connectivity index (χ3n) is 5.16. The number of unbranched alkanes of at least 4 members (excludes halogenated alkanes) is 11. The summed E-state index contributed by atoms with van der Waals surface area (Å²) >= 11 is 0. The maximum Gasteiger partial charge on any atom is 0.0575 e. The van der Waals surface area contributed by atoms with Crippen LogP contribution < -0.4 is 5.73 Å². The van der Waals surface area contributed by atoms with Crippen molar-refractivity contribution in [2.24, 2.45) is 5.73 Å². The third kappa shape index (κ3) is 14.0. The van der Waals surface area contributed by atoms with Gasteiger partial charge >= 0.3 is 0 Å². The first-order chi connectivity index (χ1) is 11.9. The summed E-state index contributed by atoms with van der Waals surface area (Å²) in [5, 5.41) is 0. The smallest absolute Gasteiger partial charge is 0.0575 e. The van der Waals surface area contributed by atoms with Crippen molar-refractivity contribution in [1.29, 1.82) is 0 Å². The molecule has 0 aromatic carbocycles. The maximum atomic E-state index is 5.91. The zero-order valence-electron chi connectivity index (χ0n) is 16.2. The van der Waals surface area contributed by atoms with E-state index in [4.69, 9.17) is 10.5 Å². The highest BCUT2D eigenvalue weighted by atomic mass is 16.5. The minimum Gasteiger partial charge on any atom is -0.378 e. The molecule has 2 nitrogen and oxygen atoms in total. The number of ether oxygens (including phenoxy) is 1. The molecule has 0 aliphatic heterocycles. The first-order valence-corrected chi connectivity index (χ1v) is 10.9. The highest BCUT2D eigenvalue weighted by molar-refractivity contribution is 4.81. The molecule has 1 rings (SSSR count). The average molecular weight is 338 g/mol. The highest BCUT2D eigenvalue weighted by Gasteiger charge is 2.14. The lowest BCUT2D eigenvalue weighted by Crippen LogP contribution is -2.08. The molecular weight excluding hydrogens is 294 g/mol. The first-order valence-electron chi connectivity index (χ1n) is 10.9. The molecule has 2 heteroatoms. The molecule has 1 aliphatic rings. The Morgan fingerprint density at radius 2 is 1.17 bits per heavy atom. The molecular formula is C22H43NO. The third-order valence-corrected chi connectivity index (χ3v) is 5.16. The van der Waals surface area contributed by atoms with Gasteiger partial charge in [-0.3, -0.25) is 0 Å². The van der Waals surface area contributed by atoms with E-state index < -0.39 is 0 Å². The molecule has 1 aliphatic carbocycles. The van der Waals surface area contributed by atoms with Crippen LogP contribution in [0.15, 0.2) is 12.2 Å². The Bertz CT molecular complexity index is 271. The molecule has 0 radical (unpaired) electrons. The van der Waals surface area contributed by atoms with Gasteiger partial charge in [0.2, 0.25) is 0 Å². The van der Waals surface area contributed by atoms with E-state index in [0.29, 0.717) is 6.10 Å². The van der Waals surface area contributed by atoms with E-state index in [-0.39, 0.29) is 0 Å². The molecule has 0 spiro atoms. The molecule has 0 atom stereocenters. The van der Waals surface area contributed by atoms with Crippen LogP contribution in [-0.4, -0.2) is 19.3 Å². The summed E-state index contributed by atoms with van der Waals surface area (Å²) in [7, 11) is 0. The Morgan fingerprint density at radius 1 is 0.667 bits per heavy atom. The summed E-state index contributed by atoms with van der Waals surface area (Å²) in [6.45, 7) is 1.85. The predicted molar refractivity (Wildman–Crippen MR) is 106 cm³/mol. The average Bonchev–Trinajstić information content (AvgIpc) is 3.11. The van der Waals surface area contributed by atoms with Crippen molar-refractivity contribution < 1.29 is 4.74 Å². The van der Waals surface area contributed by atoms with Gasteiger partial charge in [-0.25, -0.2) is 0 Å². The Hall–Kier alpha value is -0.340. The van der Waals surface area contributed by atoms with Crippen LogP contribution in [0.5, 0.6) is 0 Å². The van der Waals surface area contributed by atoms with E-state index >= 15 is 0 Å². The molecule has 2 N–H and O–H groups in total. The number of hydrogen-bond acceptors (Lipinski definition) is 2. The molecule has 24 heavy (non-hydrogen) atoms. The van der Waals surface area contributed by atoms with Gasteiger partial charge in [0, 0.05) is 6.61 Å². The van der Waals surface area contributed by atoms with Crippen LogP contribution in [0.25, 0.3) is 0 Å². The SMILES string of the molecule is NCCCCCCC/C=C\CCCCCCCCOC1CCCC1. The molecule has 0 heterocycles. The molecule has 1 saturated carbocycles. The molecule has 142 valence electrons. The largest absolute Gasteiger partial charge is 0.378 e. The second kappa shape index (κ2) is 17.5. The van der Waals surface area contributed by atoms with Crippen LogP contribution in [0.4, 0.5) is 0 Å². The van der Waals surface area contributed by atoms with Gasteiger partial charge < -0.3 is 10.5 Å². The minimum absolute atomic E-state index is 0.600. The number of rotatable bonds is 17. The van der Waals surface area contributed by atoms with E-state index in [9.17, 15) is 0 Å². The normalized spacial score (nSPS) is 15.7. The van der Waals surface area contributed by atoms with Crippen molar-refractivity contribution in [3.05, 3.63) is 12.2 Å². The van der Waals surface area contributed by atoms with Crippen LogP contribution in [0.2, 0.25) is 0 Å². The Kier molecular flexibility index (Phi) is 15.8. The van der Waals surface area contributed by atoms with E-state index in [1.54, 1.807) is 0 Å². The van der Waals surface area contributed by atoms with E-state index in [0.717, 1.165) is 13.2 Å². The van der Waals surface area contributed by atoms with Gasteiger partial charge in [-0.1, -0.05) is 69.9 Å². The molecule has 0 unspecified atom stereocenters. The standard InChI is InChI=1S/C22H43NO/c23-20-16-12-10-8-6-4-2-1-3-5-7-9-11-13-17-21-24-22-18-14-15-19-22/h1-2,22H,3-21,23H2/b2-1-. The summed E-state index contributed by atoms with van der Waals surface area (Å²) in [6.07, 6.45) is 28.1. The van der Waals surface area contributed by atoms with Crippen LogP contribution in [0, 0.1) is 0 Å². The monoisotopic (exact) mass is 337 g/mol. The van der Waals surface area contributed by atoms with Gasteiger partial charge in [0.05, 0.1) is 6.10 Å². The van der Waals surface area contributed by atoms with Gasteiger partial charge in [-0.15, -0.1) is 0 Å². The van der Waals surface area contributed by atoms with Crippen LogP contribution in [-0.2, 0) is 4.74 Å². The van der Waals surface area contributed by atoms with E-state index in [1.807, 2.05) is 0 Å². The Labute approximate surface area is 151 Å². The quantitative estimate of drug-likeness (QED) is 0.242. The highest BCUT2D eigenvalue weighted by Crippen LogP contribution is 2.21. The molecule has 0 bridgehead atoms. The fraction of sp³-hybridized carbons (Fsp3) is 0.909.